The van der Waals surface area contributed by atoms with Crippen molar-refractivity contribution in [1.29, 1.82) is 0 Å². The summed E-state index contributed by atoms with van der Waals surface area (Å²) in [4.78, 5) is 2.37. The average Bonchev–Trinajstić information content (AvgIpc) is 3.55. The molecular formula is C46H29NOS. The van der Waals surface area contributed by atoms with Crippen LogP contribution in [0.1, 0.15) is 0 Å². The number of fused-ring (bicyclic) bond motifs is 5. The Morgan fingerprint density at radius 3 is 1.94 bits per heavy atom. The summed E-state index contributed by atoms with van der Waals surface area (Å²) in [6.07, 6.45) is 0. The summed E-state index contributed by atoms with van der Waals surface area (Å²) in [5, 5.41) is 4.91. The van der Waals surface area contributed by atoms with Crippen LogP contribution in [0.5, 0.6) is 11.5 Å². The number of benzene rings is 8. The molecule has 0 N–H and O–H groups in total. The zero-order valence-electron chi connectivity index (χ0n) is 26.5. The number of para-hydroxylation sites is 1. The predicted octanol–water partition coefficient (Wildman–Crippen LogP) is 13.8. The average molecular weight is 644 g/mol. The smallest absolute Gasteiger partial charge is 0.137 e. The van der Waals surface area contributed by atoms with Crippen LogP contribution >= 0.6 is 11.3 Å². The monoisotopic (exact) mass is 643 g/mol. The molecule has 0 aliphatic carbocycles. The van der Waals surface area contributed by atoms with Crippen LogP contribution in [0.15, 0.2) is 176 Å². The quantitative estimate of drug-likeness (QED) is 0.185. The first kappa shape index (κ1) is 27.9. The van der Waals surface area contributed by atoms with Gasteiger partial charge in [0, 0.05) is 43.9 Å². The van der Waals surface area contributed by atoms with Gasteiger partial charge in [0.2, 0.25) is 0 Å². The van der Waals surface area contributed by atoms with E-state index in [4.69, 9.17) is 4.74 Å². The lowest BCUT2D eigenvalue weighted by Crippen LogP contribution is -2.10. The van der Waals surface area contributed by atoms with E-state index in [1.165, 1.54) is 53.4 Å². The third kappa shape index (κ3) is 4.55. The Morgan fingerprint density at radius 2 is 1.12 bits per heavy atom. The molecule has 8 aromatic carbocycles. The summed E-state index contributed by atoms with van der Waals surface area (Å²) in [5.74, 6) is 1.75. The molecule has 0 atom stereocenters. The first-order chi connectivity index (χ1) is 24.3. The van der Waals surface area contributed by atoms with Crippen LogP contribution in [0, 0.1) is 0 Å². The lowest BCUT2D eigenvalue weighted by atomic mass is 9.90. The normalized spacial score (nSPS) is 11.8. The summed E-state index contributed by atoms with van der Waals surface area (Å²) in [7, 11) is 0. The van der Waals surface area contributed by atoms with Crippen molar-refractivity contribution in [3.8, 4) is 44.9 Å². The molecule has 3 heteroatoms. The first-order valence-corrected chi connectivity index (χ1v) is 17.4. The van der Waals surface area contributed by atoms with Gasteiger partial charge < -0.3 is 9.64 Å². The second-order valence-electron chi connectivity index (χ2n) is 12.5. The summed E-state index contributed by atoms with van der Waals surface area (Å²) in [6, 6.07) is 63.0. The van der Waals surface area contributed by atoms with Crippen molar-refractivity contribution in [2.45, 2.75) is 0 Å². The maximum absolute atomic E-state index is 6.77. The van der Waals surface area contributed by atoms with Crippen LogP contribution in [0.25, 0.3) is 64.3 Å². The maximum atomic E-state index is 6.77. The highest BCUT2D eigenvalue weighted by Crippen LogP contribution is 2.51. The van der Waals surface area contributed by atoms with E-state index in [1.54, 1.807) is 0 Å². The van der Waals surface area contributed by atoms with Crippen molar-refractivity contribution >= 4 is 59.3 Å². The molecule has 0 radical (unpaired) electrons. The van der Waals surface area contributed by atoms with Crippen LogP contribution < -0.4 is 9.64 Å². The Bertz CT molecular complexity index is 2680. The van der Waals surface area contributed by atoms with Gasteiger partial charge in [0.15, 0.2) is 0 Å². The standard InChI is InChI=1S/C46H29NOS/c1-4-12-30(13-5-1)32-22-27-44-40(28-32)39-20-11-21-41(46(39)49-44)47(33-16-8-3-9-17-33)34-23-24-36-38-19-10-18-37-35(31-14-6-2-7-15-31)25-26-42(45(37)38)48-43(36)29-34/h1-29H. The molecule has 0 fully saturated rings. The SMILES string of the molecule is c1ccc(-c2ccc3sc4c(N(c5ccccc5)c5ccc6c(c5)Oc5ccc(-c7ccccc7)c7cccc-6c57)cccc4c3c2)cc1. The van der Waals surface area contributed by atoms with Crippen LogP contribution in [-0.4, -0.2) is 0 Å². The number of rotatable bonds is 5. The summed E-state index contributed by atoms with van der Waals surface area (Å²) >= 11 is 1.85. The molecule has 2 heterocycles. The lowest BCUT2D eigenvalue weighted by Gasteiger charge is -2.28. The van der Waals surface area contributed by atoms with E-state index in [1.807, 2.05) is 11.3 Å². The molecule has 230 valence electrons. The zero-order valence-corrected chi connectivity index (χ0v) is 27.3. The van der Waals surface area contributed by atoms with Gasteiger partial charge in [0.25, 0.3) is 0 Å². The Morgan fingerprint density at radius 1 is 0.408 bits per heavy atom. The second kappa shape index (κ2) is 11.2. The molecule has 0 saturated carbocycles. The summed E-state index contributed by atoms with van der Waals surface area (Å²) in [6.45, 7) is 0. The third-order valence-corrected chi connectivity index (χ3v) is 10.9. The fourth-order valence-corrected chi connectivity index (χ4v) is 8.59. The molecule has 9 aromatic rings. The maximum Gasteiger partial charge on any atom is 0.137 e. The van der Waals surface area contributed by atoms with Gasteiger partial charge in [-0.3, -0.25) is 0 Å². The Hall–Kier alpha value is -6.16. The zero-order chi connectivity index (χ0) is 32.3. The number of nitrogens with zero attached hydrogens (tertiary/aromatic N) is 1. The molecule has 49 heavy (non-hydrogen) atoms. The van der Waals surface area contributed by atoms with Crippen molar-refractivity contribution in [1.82, 2.24) is 0 Å². The van der Waals surface area contributed by atoms with Crippen molar-refractivity contribution in [2.24, 2.45) is 0 Å². The number of hydrogen-bond donors (Lipinski definition) is 0. The topological polar surface area (TPSA) is 12.5 Å². The molecule has 10 rings (SSSR count). The molecule has 2 nitrogen and oxygen atoms in total. The molecule has 1 aliphatic heterocycles. The molecule has 0 amide bonds. The molecule has 1 aromatic heterocycles. The van der Waals surface area contributed by atoms with Crippen LogP contribution in [0.2, 0.25) is 0 Å². The van der Waals surface area contributed by atoms with Gasteiger partial charge in [0.1, 0.15) is 11.5 Å². The third-order valence-electron chi connectivity index (χ3n) is 9.66. The molecule has 0 unspecified atom stereocenters. The lowest BCUT2D eigenvalue weighted by molar-refractivity contribution is 0.487. The van der Waals surface area contributed by atoms with E-state index in [9.17, 15) is 0 Å². The molecular weight excluding hydrogens is 615 g/mol. The van der Waals surface area contributed by atoms with Crippen LogP contribution in [0.3, 0.4) is 0 Å². The minimum Gasteiger partial charge on any atom is -0.456 e. The minimum atomic E-state index is 0.863. The second-order valence-corrected chi connectivity index (χ2v) is 13.5. The highest BCUT2D eigenvalue weighted by Gasteiger charge is 2.24. The van der Waals surface area contributed by atoms with Gasteiger partial charge in [-0.1, -0.05) is 121 Å². The Balaban J connectivity index is 1.13. The van der Waals surface area contributed by atoms with E-state index < -0.39 is 0 Å². The van der Waals surface area contributed by atoms with E-state index in [-0.39, 0.29) is 0 Å². The van der Waals surface area contributed by atoms with Crippen molar-refractivity contribution in [2.75, 3.05) is 4.90 Å². The fourth-order valence-electron chi connectivity index (χ4n) is 7.40. The van der Waals surface area contributed by atoms with E-state index in [2.05, 4.69) is 181 Å². The number of hydrogen-bond acceptors (Lipinski definition) is 3. The molecule has 0 spiro atoms. The van der Waals surface area contributed by atoms with Gasteiger partial charge in [0.05, 0.1) is 10.4 Å². The van der Waals surface area contributed by atoms with E-state index in [0.717, 1.165) is 39.5 Å². The van der Waals surface area contributed by atoms with Crippen molar-refractivity contribution in [3.63, 3.8) is 0 Å². The summed E-state index contributed by atoms with van der Waals surface area (Å²) in [5.41, 5.74) is 10.5. The van der Waals surface area contributed by atoms with Gasteiger partial charge >= 0.3 is 0 Å². The van der Waals surface area contributed by atoms with Crippen LogP contribution in [0.4, 0.5) is 17.1 Å². The number of thiophene rings is 1. The highest BCUT2D eigenvalue weighted by molar-refractivity contribution is 7.26. The summed E-state index contributed by atoms with van der Waals surface area (Å²) < 4.78 is 9.31. The Labute approximate surface area is 288 Å². The first-order valence-electron chi connectivity index (χ1n) is 16.6. The predicted molar refractivity (Wildman–Crippen MR) is 208 cm³/mol. The van der Waals surface area contributed by atoms with Gasteiger partial charge in [-0.2, -0.15) is 0 Å². The van der Waals surface area contributed by atoms with Gasteiger partial charge in [-0.05, 0) is 81.7 Å². The van der Waals surface area contributed by atoms with Crippen molar-refractivity contribution in [3.05, 3.63) is 176 Å². The van der Waals surface area contributed by atoms with Crippen LogP contribution in [-0.2, 0) is 0 Å². The van der Waals surface area contributed by atoms with Gasteiger partial charge in [-0.15, -0.1) is 11.3 Å². The number of anilines is 3. The molecule has 1 aliphatic rings. The molecule has 0 saturated heterocycles. The fraction of sp³-hybridized carbons (Fsp3) is 0. The van der Waals surface area contributed by atoms with E-state index >= 15 is 0 Å². The minimum absolute atomic E-state index is 0.863. The molecule has 0 bridgehead atoms. The highest BCUT2D eigenvalue weighted by atomic mass is 32.1. The number of ether oxygens (including phenoxy) is 1. The van der Waals surface area contributed by atoms with Gasteiger partial charge in [-0.25, -0.2) is 0 Å². The van der Waals surface area contributed by atoms with Crippen molar-refractivity contribution < 1.29 is 4.74 Å². The largest absolute Gasteiger partial charge is 0.456 e. The van der Waals surface area contributed by atoms with E-state index in [0.29, 0.717) is 0 Å². The Kier molecular flexibility index (Phi) is 6.39.